The van der Waals surface area contributed by atoms with Crippen LogP contribution in [0.5, 0.6) is 0 Å². The predicted molar refractivity (Wildman–Crippen MR) is 108 cm³/mol. The third-order valence-electron chi connectivity index (χ3n) is 5.68. The summed E-state index contributed by atoms with van der Waals surface area (Å²) in [6, 6.07) is 2.66. The molecule has 0 bridgehead atoms. The van der Waals surface area contributed by atoms with Crippen molar-refractivity contribution in [3.05, 3.63) is 41.1 Å². The van der Waals surface area contributed by atoms with E-state index in [9.17, 15) is 26.7 Å². The molecule has 1 aliphatic carbocycles. The van der Waals surface area contributed by atoms with Crippen molar-refractivity contribution in [2.45, 2.75) is 30.9 Å². The maximum Gasteiger partial charge on any atom is 0.402 e. The van der Waals surface area contributed by atoms with E-state index in [1.165, 1.54) is 24.5 Å². The van der Waals surface area contributed by atoms with Gasteiger partial charge in [-0.25, -0.2) is 18.3 Å². The van der Waals surface area contributed by atoms with Crippen LogP contribution < -0.4 is 10.2 Å². The number of anilines is 2. The van der Waals surface area contributed by atoms with E-state index >= 15 is 0 Å². The largest absolute Gasteiger partial charge is 0.402 e. The highest BCUT2D eigenvalue weighted by Crippen LogP contribution is 2.60. The van der Waals surface area contributed by atoms with Crippen LogP contribution in [-0.4, -0.2) is 51.0 Å². The van der Waals surface area contributed by atoms with E-state index < -0.39 is 30.5 Å². The van der Waals surface area contributed by atoms with Crippen molar-refractivity contribution in [2.24, 2.45) is 5.92 Å². The second-order valence-corrected chi connectivity index (χ2v) is 8.01. The van der Waals surface area contributed by atoms with Gasteiger partial charge >= 0.3 is 6.18 Å². The molecule has 2 aliphatic rings. The maximum atomic E-state index is 14.0. The zero-order chi connectivity index (χ0) is 24.0. The predicted octanol–water partition coefficient (Wildman–Crippen LogP) is 4.03. The lowest BCUT2D eigenvalue weighted by molar-refractivity contribution is -0.193. The van der Waals surface area contributed by atoms with Crippen LogP contribution in [0.25, 0.3) is 5.65 Å². The number of carbonyl (C=O) groups is 1. The lowest BCUT2D eigenvalue weighted by Gasteiger charge is -2.32. The van der Waals surface area contributed by atoms with Crippen molar-refractivity contribution in [3.8, 4) is 0 Å². The van der Waals surface area contributed by atoms with Crippen LogP contribution in [0.3, 0.4) is 0 Å². The third-order valence-corrected chi connectivity index (χ3v) is 5.86. The molecule has 1 fully saturated rings. The molecule has 14 heteroatoms. The Labute approximate surface area is 188 Å². The molecular formula is C19H17ClF5N7O. The van der Waals surface area contributed by atoms with Crippen LogP contribution >= 0.6 is 11.6 Å². The first kappa shape index (κ1) is 23.1. The second kappa shape index (κ2) is 8.36. The summed E-state index contributed by atoms with van der Waals surface area (Å²) in [6.45, 7) is -0.432. The number of nitrogens with zero attached hydrogens (tertiary/aromatic N) is 6. The van der Waals surface area contributed by atoms with Crippen LogP contribution in [0.15, 0.2) is 24.5 Å². The summed E-state index contributed by atoms with van der Waals surface area (Å²) in [5, 5.41) is 13.3. The van der Waals surface area contributed by atoms with Crippen molar-refractivity contribution in [3.63, 3.8) is 0 Å². The summed E-state index contributed by atoms with van der Waals surface area (Å²) in [6.07, 6.45) is -3.02. The van der Waals surface area contributed by atoms with Gasteiger partial charge in [0.1, 0.15) is 11.1 Å². The average molecular weight is 490 g/mol. The monoisotopic (exact) mass is 489 g/mol. The second-order valence-electron chi connectivity index (χ2n) is 7.63. The lowest BCUT2D eigenvalue weighted by atomic mass is 9.80. The summed E-state index contributed by atoms with van der Waals surface area (Å²) >= 11 is 5.82. The molecule has 1 saturated carbocycles. The molecule has 0 aromatic carbocycles. The SMILES string of the molecule is CNc1cnnc(C(F)F)c1.O=CN1CC(C2CC2)(C(F)(F)F)c2c1cnc1cc(Cl)nn21. The van der Waals surface area contributed by atoms with Gasteiger partial charge in [-0.1, -0.05) is 11.6 Å². The number of aromatic nitrogens is 5. The van der Waals surface area contributed by atoms with Crippen LogP contribution in [0, 0.1) is 5.92 Å². The maximum absolute atomic E-state index is 14.0. The number of hydrogen-bond acceptors (Lipinski definition) is 6. The summed E-state index contributed by atoms with van der Waals surface area (Å²) in [4.78, 5) is 16.3. The van der Waals surface area contributed by atoms with Gasteiger partial charge in [0.05, 0.1) is 29.5 Å². The Morgan fingerprint density at radius 2 is 2.00 bits per heavy atom. The molecule has 5 rings (SSSR count). The van der Waals surface area contributed by atoms with Crippen LogP contribution in [0.2, 0.25) is 5.15 Å². The third kappa shape index (κ3) is 3.94. The number of fused-ring (bicyclic) bond motifs is 3. The van der Waals surface area contributed by atoms with E-state index in [2.05, 4.69) is 25.6 Å². The highest BCUT2D eigenvalue weighted by atomic mass is 35.5. The Hall–Kier alpha value is -3.09. The van der Waals surface area contributed by atoms with Crippen LogP contribution in [-0.2, 0) is 10.2 Å². The minimum absolute atomic E-state index is 0.0356. The van der Waals surface area contributed by atoms with E-state index in [1.807, 2.05) is 0 Å². The summed E-state index contributed by atoms with van der Waals surface area (Å²) in [7, 11) is 1.63. The van der Waals surface area contributed by atoms with Crippen LogP contribution in [0.4, 0.5) is 33.3 Å². The smallest absolute Gasteiger partial charge is 0.387 e. The number of nitrogens with one attached hydrogen (secondary N) is 1. The van der Waals surface area contributed by atoms with Crippen molar-refractivity contribution in [2.75, 3.05) is 23.8 Å². The molecule has 176 valence electrons. The van der Waals surface area contributed by atoms with Crippen molar-refractivity contribution >= 4 is 35.0 Å². The van der Waals surface area contributed by atoms with Gasteiger partial charge < -0.3 is 10.2 Å². The lowest BCUT2D eigenvalue weighted by Crippen LogP contribution is -2.48. The number of halogens is 6. The molecule has 1 amide bonds. The Balaban J connectivity index is 0.000000200. The van der Waals surface area contributed by atoms with Gasteiger partial charge in [-0.15, -0.1) is 5.10 Å². The molecule has 3 aromatic heterocycles. The van der Waals surface area contributed by atoms with Gasteiger partial charge in [0.15, 0.2) is 10.8 Å². The summed E-state index contributed by atoms with van der Waals surface area (Å²) in [5.74, 6) is -0.551. The van der Waals surface area contributed by atoms with E-state index in [-0.39, 0.29) is 27.9 Å². The molecule has 1 unspecified atom stereocenters. The minimum atomic E-state index is -4.49. The Morgan fingerprint density at radius 1 is 1.27 bits per heavy atom. The first-order valence-corrected chi connectivity index (χ1v) is 10.1. The van der Waals surface area contributed by atoms with Crippen LogP contribution in [0.1, 0.15) is 30.7 Å². The van der Waals surface area contributed by atoms with E-state index in [1.54, 1.807) is 7.05 Å². The fraction of sp³-hybridized carbons (Fsp3) is 0.421. The molecule has 33 heavy (non-hydrogen) atoms. The molecule has 0 radical (unpaired) electrons. The molecule has 8 nitrogen and oxygen atoms in total. The zero-order valence-electron chi connectivity index (χ0n) is 17.0. The Bertz CT molecular complexity index is 1180. The van der Waals surface area contributed by atoms with E-state index in [0.717, 1.165) is 9.42 Å². The van der Waals surface area contributed by atoms with Gasteiger partial charge in [0.25, 0.3) is 6.43 Å². The summed E-state index contributed by atoms with van der Waals surface area (Å²) < 4.78 is 67.0. The van der Waals surface area contributed by atoms with Gasteiger partial charge in [0.2, 0.25) is 6.41 Å². The normalized spacial score (nSPS) is 19.9. The minimum Gasteiger partial charge on any atom is -0.387 e. The number of hydrogen-bond donors (Lipinski definition) is 1. The Morgan fingerprint density at radius 3 is 2.58 bits per heavy atom. The first-order valence-electron chi connectivity index (χ1n) is 9.74. The molecule has 1 aliphatic heterocycles. The van der Waals surface area contributed by atoms with Gasteiger partial charge in [-0.05, 0) is 24.8 Å². The molecule has 1 N–H and O–H groups in total. The molecule has 0 saturated heterocycles. The molecule has 4 heterocycles. The molecular weight excluding hydrogens is 473 g/mol. The summed E-state index contributed by atoms with van der Waals surface area (Å²) in [5.41, 5.74) is -1.53. The number of carbonyl (C=O) groups excluding carboxylic acids is 1. The van der Waals surface area contributed by atoms with Crippen molar-refractivity contribution < 1.29 is 26.7 Å². The highest BCUT2D eigenvalue weighted by Gasteiger charge is 2.68. The highest BCUT2D eigenvalue weighted by molar-refractivity contribution is 6.29. The fourth-order valence-electron chi connectivity index (χ4n) is 4.03. The number of rotatable bonds is 4. The van der Waals surface area contributed by atoms with Crippen molar-refractivity contribution in [1.82, 2.24) is 24.8 Å². The van der Waals surface area contributed by atoms with E-state index in [4.69, 9.17) is 11.6 Å². The van der Waals surface area contributed by atoms with Gasteiger partial charge in [-0.2, -0.15) is 23.4 Å². The molecule has 1 atom stereocenters. The standard InChI is InChI=1S/C13H10ClF3N4O.C6H7F2N3/c14-9-3-10-18-4-8-11(21(10)19-9)12(7-1-2-7,13(15,16)17)5-20(8)6-22;1-9-4-2-5(6(7)8)11-10-3-4/h3-4,6-7H,1-2,5H2;2-3,6H,1H3,(H,9,11). The van der Waals surface area contributed by atoms with Gasteiger partial charge in [-0.3, -0.25) is 4.79 Å². The van der Waals surface area contributed by atoms with Gasteiger partial charge in [0, 0.05) is 19.7 Å². The van der Waals surface area contributed by atoms with E-state index in [0.29, 0.717) is 24.9 Å². The fourth-order valence-corrected chi connectivity index (χ4v) is 4.20. The first-order chi connectivity index (χ1) is 15.6. The topological polar surface area (TPSA) is 88.3 Å². The molecule has 0 spiro atoms. The number of amides is 1. The Kier molecular flexibility index (Phi) is 5.85. The molecule has 3 aromatic rings. The number of alkyl halides is 5. The van der Waals surface area contributed by atoms with Crippen molar-refractivity contribution in [1.29, 1.82) is 0 Å². The average Bonchev–Trinajstić information content (AvgIpc) is 3.46. The quantitative estimate of drug-likeness (QED) is 0.440. The zero-order valence-corrected chi connectivity index (χ0v) is 17.8.